The van der Waals surface area contributed by atoms with Crippen molar-refractivity contribution in [2.24, 2.45) is 0 Å². The molecule has 0 radical (unpaired) electrons. The lowest BCUT2D eigenvalue weighted by Crippen LogP contribution is -2.45. The summed E-state index contributed by atoms with van der Waals surface area (Å²) in [6.45, 7) is 1.55. The Morgan fingerprint density at radius 3 is 2.33 bits per heavy atom. The van der Waals surface area contributed by atoms with Crippen LogP contribution in [0.1, 0.15) is 54.4 Å². The minimum absolute atomic E-state index is 0.0104. The fraction of sp³-hybridized carbons (Fsp3) is 0.227. The standard InChI is InChI=1S/C22H18N2O5S/c25-17-11-5-1-2-6-12(11)18(26)16-15(17)19(27)14-13(9-30-21(14)20(16)28)22(29)24-10-4-3-7-23-8-10/h1-2,5-6,9-10,23,25-26H,3-4,7-8H2,(H,24,29). The number of benzene rings is 2. The van der Waals surface area contributed by atoms with Crippen LogP contribution in [0.4, 0.5) is 0 Å². The highest BCUT2D eigenvalue weighted by molar-refractivity contribution is 7.13. The minimum Gasteiger partial charge on any atom is -0.506 e. The number of hydrogen-bond acceptors (Lipinski definition) is 7. The van der Waals surface area contributed by atoms with Crippen molar-refractivity contribution in [3.8, 4) is 11.5 Å². The Morgan fingerprint density at radius 2 is 1.70 bits per heavy atom. The van der Waals surface area contributed by atoms with E-state index in [1.807, 2.05) is 0 Å². The number of thiophene rings is 1. The van der Waals surface area contributed by atoms with Gasteiger partial charge in [0.25, 0.3) is 5.91 Å². The molecule has 3 aromatic rings. The largest absolute Gasteiger partial charge is 0.506 e. The van der Waals surface area contributed by atoms with Crippen molar-refractivity contribution in [1.29, 1.82) is 0 Å². The molecule has 1 unspecified atom stereocenters. The Kier molecular flexibility index (Phi) is 4.34. The topological polar surface area (TPSA) is 116 Å². The predicted molar refractivity (Wildman–Crippen MR) is 112 cm³/mol. The zero-order valence-corrected chi connectivity index (χ0v) is 16.6. The highest BCUT2D eigenvalue weighted by Crippen LogP contribution is 2.45. The van der Waals surface area contributed by atoms with Gasteiger partial charge in [0.2, 0.25) is 5.78 Å². The number of rotatable bonds is 2. The molecule has 1 amide bonds. The van der Waals surface area contributed by atoms with Gasteiger partial charge < -0.3 is 20.8 Å². The second-order valence-electron chi connectivity index (χ2n) is 7.52. The molecule has 0 spiro atoms. The van der Waals surface area contributed by atoms with Crippen LogP contribution in [0, 0.1) is 0 Å². The summed E-state index contributed by atoms with van der Waals surface area (Å²) >= 11 is 0.998. The van der Waals surface area contributed by atoms with Crippen LogP contribution in [-0.2, 0) is 0 Å². The van der Waals surface area contributed by atoms with Crippen molar-refractivity contribution in [1.82, 2.24) is 10.6 Å². The molecular weight excluding hydrogens is 404 g/mol. The fourth-order valence-corrected chi connectivity index (χ4v) is 5.23. The Bertz CT molecular complexity index is 1240. The van der Waals surface area contributed by atoms with Crippen molar-refractivity contribution in [2.75, 3.05) is 13.1 Å². The molecule has 8 heteroatoms. The van der Waals surface area contributed by atoms with Crippen molar-refractivity contribution in [2.45, 2.75) is 18.9 Å². The molecule has 1 aliphatic carbocycles. The van der Waals surface area contributed by atoms with E-state index >= 15 is 0 Å². The lowest BCUT2D eigenvalue weighted by Gasteiger charge is -2.24. The van der Waals surface area contributed by atoms with Crippen LogP contribution in [-0.4, -0.2) is 46.8 Å². The summed E-state index contributed by atoms with van der Waals surface area (Å²) in [5.41, 5.74) is -0.357. The summed E-state index contributed by atoms with van der Waals surface area (Å²) in [5, 5.41) is 29.7. The zero-order valence-electron chi connectivity index (χ0n) is 15.8. The van der Waals surface area contributed by atoms with Crippen LogP contribution < -0.4 is 10.6 Å². The van der Waals surface area contributed by atoms with Gasteiger partial charge >= 0.3 is 0 Å². The third-order valence-corrected chi connectivity index (χ3v) is 6.69. The third-order valence-electron chi connectivity index (χ3n) is 5.72. The number of aromatic hydroxyl groups is 2. The van der Waals surface area contributed by atoms with Crippen LogP contribution in [0.3, 0.4) is 0 Å². The number of nitrogens with one attached hydrogen (secondary N) is 2. The van der Waals surface area contributed by atoms with Crippen LogP contribution in [0.5, 0.6) is 11.5 Å². The molecule has 1 saturated heterocycles. The van der Waals surface area contributed by atoms with Crippen molar-refractivity contribution < 1.29 is 24.6 Å². The van der Waals surface area contributed by atoms with E-state index in [0.29, 0.717) is 6.54 Å². The van der Waals surface area contributed by atoms with Gasteiger partial charge in [0.05, 0.1) is 27.1 Å². The molecule has 0 bridgehead atoms. The highest BCUT2D eigenvalue weighted by atomic mass is 32.1. The second-order valence-corrected chi connectivity index (χ2v) is 8.40. The van der Waals surface area contributed by atoms with Crippen molar-refractivity contribution >= 4 is 39.6 Å². The maximum absolute atomic E-state index is 13.3. The average molecular weight is 422 g/mol. The van der Waals surface area contributed by atoms with E-state index in [2.05, 4.69) is 10.6 Å². The number of hydrogen-bond donors (Lipinski definition) is 4. The summed E-state index contributed by atoms with van der Waals surface area (Å²) in [5.74, 6) is -2.32. The van der Waals surface area contributed by atoms with Gasteiger partial charge in [-0.05, 0) is 19.4 Å². The SMILES string of the molecule is O=C(NC1CCCNC1)c1csc2c1C(=O)c1c(c(O)c3ccccc3c1O)C2=O. The first kappa shape index (κ1) is 18.8. The molecule has 2 aromatic carbocycles. The van der Waals surface area contributed by atoms with E-state index in [0.717, 1.165) is 30.7 Å². The first-order valence-electron chi connectivity index (χ1n) is 9.68. The maximum atomic E-state index is 13.3. The van der Waals surface area contributed by atoms with Crippen molar-refractivity contribution in [3.05, 3.63) is 56.8 Å². The van der Waals surface area contributed by atoms with Gasteiger partial charge in [0, 0.05) is 28.7 Å². The van der Waals surface area contributed by atoms with Crippen LogP contribution in [0.2, 0.25) is 0 Å². The lowest BCUT2D eigenvalue weighted by atomic mass is 9.83. The number of ketones is 2. The van der Waals surface area contributed by atoms with Gasteiger partial charge in [-0.2, -0.15) is 0 Å². The number of phenolic OH excluding ortho intramolecular Hbond substituents is 2. The Labute approximate surface area is 175 Å². The van der Waals surface area contributed by atoms with Crippen LogP contribution >= 0.6 is 11.3 Å². The zero-order chi connectivity index (χ0) is 21.0. The van der Waals surface area contributed by atoms with Gasteiger partial charge in [-0.1, -0.05) is 24.3 Å². The number of carbonyl (C=O) groups excluding carboxylic acids is 3. The number of carbonyl (C=O) groups is 3. The molecule has 7 nitrogen and oxygen atoms in total. The van der Waals surface area contributed by atoms with E-state index in [-0.39, 0.29) is 55.4 Å². The molecule has 2 aliphatic rings. The average Bonchev–Trinajstić information content (AvgIpc) is 3.21. The van der Waals surface area contributed by atoms with Gasteiger partial charge in [-0.25, -0.2) is 0 Å². The fourth-order valence-electron chi connectivity index (χ4n) is 4.24. The van der Waals surface area contributed by atoms with Gasteiger partial charge in [-0.3, -0.25) is 14.4 Å². The molecule has 1 atom stereocenters. The molecule has 2 heterocycles. The summed E-state index contributed by atoms with van der Waals surface area (Å²) in [6.07, 6.45) is 1.78. The summed E-state index contributed by atoms with van der Waals surface area (Å²) in [4.78, 5) is 39.4. The molecule has 5 rings (SSSR count). The molecule has 1 fully saturated rings. The van der Waals surface area contributed by atoms with E-state index in [1.165, 1.54) is 5.38 Å². The van der Waals surface area contributed by atoms with E-state index in [4.69, 9.17) is 0 Å². The molecule has 152 valence electrons. The third kappa shape index (κ3) is 2.64. The number of phenols is 2. The van der Waals surface area contributed by atoms with Crippen molar-refractivity contribution in [3.63, 3.8) is 0 Å². The quantitative estimate of drug-likeness (QED) is 0.369. The van der Waals surface area contributed by atoms with E-state index in [9.17, 15) is 24.6 Å². The first-order valence-corrected chi connectivity index (χ1v) is 10.6. The number of fused-ring (bicyclic) bond motifs is 3. The Hall–Kier alpha value is -3.23. The molecule has 30 heavy (non-hydrogen) atoms. The molecule has 1 aliphatic heterocycles. The minimum atomic E-state index is -0.633. The predicted octanol–water partition coefficient (Wildman–Crippen LogP) is 2.57. The smallest absolute Gasteiger partial charge is 0.253 e. The van der Waals surface area contributed by atoms with E-state index in [1.54, 1.807) is 24.3 Å². The molecule has 4 N–H and O–H groups in total. The van der Waals surface area contributed by atoms with E-state index < -0.39 is 17.5 Å². The summed E-state index contributed by atoms with van der Waals surface area (Å²) in [7, 11) is 0. The Morgan fingerprint density at radius 1 is 1.03 bits per heavy atom. The summed E-state index contributed by atoms with van der Waals surface area (Å²) < 4.78 is 0. The summed E-state index contributed by atoms with van der Waals surface area (Å²) in [6, 6.07) is 6.42. The van der Waals surface area contributed by atoms with Crippen LogP contribution in [0.15, 0.2) is 29.6 Å². The second kappa shape index (κ2) is 6.93. The van der Waals surface area contributed by atoms with Gasteiger partial charge in [-0.15, -0.1) is 11.3 Å². The van der Waals surface area contributed by atoms with Crippen LogP contribution in [0.25, 0.3) is 10.8 Å². The maximum Gasteiger partial charge on any atom is 0.253 e. The normalized spacial score (nSPS) is 18.2. The monoisotopic (exact) mass is 422 g/mol. The lowest BCUT2D eigenvalue weighted by molar-refractivity contribution is 0.0919. The molecular formula is C22H18N2O5S. The molecule has 1 aromatic heterocycles. The van der Waals surface area contributed by atoms with Gasteiger partial charge in [0.1, 0.15) is 11.5 Å². The Balaban J connectivity index is 1.62. The number of amides is 1. The first-order chi connectivity index (χ1) is 14.5. The van der Waals surface area contributed by atoms with Gasteiger partial charge in [0.15, 0.2) is 5.78 Å². The molecule has 0 saturated carbocycles. The highest BCUT2D eigenvalue weighted by Gasteiger charge is 2.40. The number of piperidine rings is 1.